The van der Waals surface area contributed by atoms with Gasteiger partial charge in [-0.25, -0.2) is 9.18 Å². The number of hydrogen-bond acceptors (Lipinski definition) is 3. The van der Waals surface area contributed by atoms with Crippen LogP contribution < -0.4 is 5.32 Å². The lowest BCUT2D eigenvalue weighted by molar-refractivity contribution is 0.00971. The van der Waals surface area contributed by atoms with Gasteiger partial charge in [-0.05, 0) is 34.1 Å². The first-order valence-electron chi connectivity index (χ1n) is 7.96. The Morgan fingerprint density at radius 2 is 1.96 bits per heavy atom. The molecule has 1 aliphatic heterocycles. The maximum absolute atomic E-state index is 14.4. The number of nitrogens with zero attached hydrogens (tertiary/aromatic N) is 1. The zero-order valence-electron chi connectivity index (χ0n) is 14.6. The fourth-order valence-electron chi connectivity index (χ4n) is 2.53. The van der Waals surface area contributed by atoms with Gasteiger partial charge in [-0.3, -0.25) is 4.79 Å². The Morgan fingerprint density at radius 3 is 2.44 bits per heavy atom. The first kappa shape index (κ1) is 19.8. The number of carbonyl (C=O) groups is 2. The Hall–Kier alpha value is -1.47. The van der Waals surface area contributed by atoms with E-state index in [4.69, 9.17) is 27.9 Å². The first-order valence-corrected chi connectivity index (χ1v) is 8.71. The maximum Gasteiger partial charge on any atom is 0.410 e. The van der Waals surface area contributed by atoms with Gasteiger partial charge in [0.25, 0.3) is 5.91 Å². The fraction of sp³-hybridized carbons (Fsp3) is 0.625. The number of aryl methyl sites for hydroxylation is 1. The summed E-state index contributed by atoms with van der Waals surface area (Å²) in [5, 5.41) is 2.98. The zero-order chi connectivity index (χ0) is 18.9. The highest BCUT2D eigenvalue weighted by atomic mass is 35.5. The predicted octanol–water partition coefficient (Wildman–Crippen LogP) is 3.71. The number of alkyl halides is 1. The molecule has 1 aromatic heterocycles. The van der Waals surface area contributed by atoms with E-state index in [0.717, 1.165) is 0 Å². The molecule has 25 heavy (non-hydrogen) atoms. The van der Waals surface area contributed by atoms with Crippen LogP contribution in [-0.2, 0) is 4.74 Å². The number of halogens is 3. The SMILES string of the molecule is Cc1[nH]c(C(=O)N[C@H]2CCN(C(=O)OC(C)(C)C)C[C@H]2F)c(Cl)c1Cl. The number of piperidine rings is 1. The molecule has 2 rings (SSSR count). The topological polar surface area (TPSA) is 74.4 Å². The summed E-state index contributed by atoms with van der Waals surface area (Å²) in [7, 11) is 0. The lowest BCUT2D eigenvalue weighted by Crippen LogP contribution is -2.54. The van der Waals surface area contributed by atoms with Crippen LogP contribution in [0, 0.1) is 6.92 Å². The van der Waals surface area contributed by atoms with Crippen LogP contribution >= 0.6 is 23.2 Å². The fourth-order valence-corrected chi connectivity index (χ4v) is 2.94. The highest BCUT2D eigenvalue weighted by molar-refractivity contribution is 6.44. The van der Waals surface area contributed by atoms with E-state index in [1.54, 1.807) is 27.7 Å². The monoisotopic (exact) mass is 393 g/mol. The molecule has 0 spiro atoms. The molecule has 0 saturated carbocycles. The number of rotatable bonds is 2. The van der Waals surface area contributed by atoms with Gasteiger partial charge in [-0.15, -0.1) is 0 Å². The van der Waals surface area contributed by atoms with Crippen LogP contribution in [0.3, 0.4) is 0 Å². The minimum absolute atomic E-state index is 0.103. The van der Waals surface area contributed by atoms with E-state index < -0.39 is 29.8 Å². The number of carbonyl (C=O) groups excluding carboxylic acids is 2. The van der Waals surface area contributed by atoms with Crippen LogP contribution in [0.5, 0.6) is 0 Å². The van der Waals surface area contributed by atoms with Gasteiger partial charge in [0, 0.05) is 12.2 Å². The highest BCUT2D eigenvalue weighted by Gasteiger charge is 2.35. The van der Waals surface area contributed by atoms with E-state index in [1.165, 1.54) is 4.90 Å². The smallest absolute Gasteiger partial charge is 0.410 e. The highest BCUT2D eigenvalue weighted by Crippen LogP contribution is 2.29. The molecule has 140 valence electrons. The summed E-state index contributed by atoms with van der Waals surface area (Å²) in [6.45, 7) is 7.08. The second-order valence-corrected chi connectivity index (χ2v) is 7.82. The van der Waals surface area contributed by atoms with Crippen LogP contribution in [0.2, 0.25) is 10.0 Å². The van der Waals surface area contributed by atoms with Crippen molar-refractivity contribution < 1.29 is 18.7 Å². The molecule has 1 saturated heterocycles. The number of hydrogen-bond donors (Lipinski definition) is 2. The van der Waals surface area contributed by atoms with Gasteiger partial charge in [-0.1, -0.05) is 23.2 Å². The first-order chi connectivity index (χ1) is 11.5. The number of likely N-dealkylation sites (tertiary alicyclic amines) is 1. The van der Waals surface area contributed by atoms with Gasteiger partial charge in [0.1, 0.15) is 17.5 Å². The second-order valence-electron chi connectivity index (χ2n) is 7.06. The molecule has 1 aliphatic rings. The van der Waals surface area contributed by atoms with E-state index in [9.17, 15) is 14.0 Å². The Bertz CT molecular complexity index is 672. The average Bonchev–Trinajstić information content (AvgIpc) is 2.75. The Labute approximate surface area is 156 Å². The van der Waals surface area contributed by atoms with Gasteiger partial charge in [0.2, 0.25) is 0 Å². The third kappa shape index (κ3) is 4.79. The van der Waals surface area contributed by atoms with Crippen molar-refractivity contribution in [1.82, 2.24) is 15.2 Å². The number of ether oxygens (including phenoxy) is 1. The van der Waals surface area contributed by atoms with Crippen molar-refractivity contribution in [2.24, 2.45) is 0 Å². The molecule has 6 nitrogen and oxygen atoms in total. The van der Waals surface area contributed by atoms with Crippen molar-refractivity contribution in [2.45, 2.75) is 51.9 Å². The zero-order valence-corrected chi connectivity index (χ0v) is 16.1. The molecule has 0 aliphatic carbocycles. The molecule has 1 aromatic rings. The lowest BCUT2D eigenvalue weighted by Gasteiger charge is -2.35. The van der Waals surface area contributed by atoms with Crippen molar-refractivity contribution in [1.29, 1.82) is 0 Å². The largest absolute Gasteiger partial charge is 0.444 e. The third-order valence-corrected chi connectivity index (χ3v) is 4.74. The van der Waals surface area contributed by atoms with Crippen molar-refractivity contribution in [2.75, 3.05) is 13.1 Å². The molecule has 9 heteroatoms. The Balaban J connectivity index is 1.96. The molecule has 2 atom stereocenters. The normalized spacial score (nSPS) is 21.2. The third-order valence-electron chi connectivity index (χ3n) is 3.79. The summed E-state index contributed by atoms with van der Waals surface area (Å²) >= 11 is 11.9. The van der Waals surface area contributed by atoms with E-state index in [1.807, 2.05) is 0 Å². The van der Waals surface area contributed by atoms with Crippen molar-refractivity contribution in [3.63, 3.8) is 0 Å². The molecule has 0 aromatic carbocycles. The minimum Gasteiger partial charge on any atom is -0.444 e. The van der Waals surface area contributed by atoms with E-state index in [0.29, 0.717) is 12.2 Å². The number of aromatic amines is 1. The van der Waals surface area contributed by atoms with Gasteiger partial charge < -0.3 is 19.9 Å². The summed E-state index contributed by atoms with van der Waals surface area (Å²) in [5.41, 5.74) is 0.0226. The minimum atomic E-state index is -1.41. The maximum atomic E-state index is 14.4. The summed E-state index contributed by atoms with van der Waals surface area (Å²) in [4.78, 5) is 28.4. The molecule has 0 radical (unpaired) electrons. The number of nitrogens with one attached hydrogen (secondary N) is 2. The van der Waals surface area contributed by atoms with Gasteiger partial charge in [-0.2, -0.15) is 0 Å². The Kier molecular flexibility index (Phi) is 5.89. The van der Waals surface area contributed by atoms with Gasteiger partial charge >= 0.3 is 6.09 Å². The van der Waals surface area contributed by atoms with Crippen LogP contribution in [0.4, 0.5) is 9.18 Å². The molecule has 2 heterocycles. The van der Waals surface area contributed by atoms with Crippen LogP contribution in [-0.4, -0.2) is 52.8 Å². The molecule has 0 unspecified atom stereocenters. The molecular formula is C16H22Cl2FN3O3. The quantitative estimate of drug-likeness (QED) is 0.803. The second kappa shape index (κ2) is 7.41. The van der Waals surface area contributed by atoms with Crippen molar-refractivity contribution in [3.8, 4) is 0 Å². The Morgan fingerprint density at radius 1 is 1.32 bits per heavy atom. The van der Waals surface area contributed by atoms with E-state index in [2.05, 4.69) is 10.3 Å². The number of amides is 2. The lowest BCUT2D eigenvalue weighted by atomic mass is 10.0. The van der Waals surface area contributed by atoms with Crippen molar-refractivity contribution in [3.05, 3.63) is 21.4 Å². The molecule has 1 fully saturated rings. The summed E-state index contributed by atoms with van der Waals surface area (Å²) in [6, 6.07) is -0.718. The van der Waals surface area contributed by atoms with E-state index in [-0.39, 0.29) is 28.7 Å². The number of aromatic nitrogens is 1. The summed E-state index contributed by atoms with van der Waals surface area (Å²) in [6.07, 6.45) is -1.69. The summed E-state index contributed by atoms with van der Waals surface area (Å²) in [5.74, 6) is -0.529. The van der Waals surface area contributed by atoms with Crippen LogP contribution in [0.15, 0.2) is 0 Å². The summed E-state index contributed by atoms with van der Waals surface area (Å²) < 4.78 is 19.7. The predicted molar refractivity (Wildman–Crippen MR) is 94.1 cm³/mol. The molecule has 2 N–H and O–H groups in total. The molecule has 2 amide bonds. The number of H-pyrrole nitrogens is 1. The van der Waals surface area contributed by atoms with Gasteiger partial charge in [0.15, 0.2) is 0 Å². The van der Waals surface area contributed by atoms with Crippen molar-refractivity contribution >= 4 is 35.2 Å². The van der Waals surface area contributed by atoms with Crippen LogP contribution in [0.1, 0.15) is 43.4 Å². The molecule has 0 bridgehead atoms. The molecular weight excluding hydrogens is 372 g/mol. The standard InChI is InChI=1S/C16H22Cl2FN3O3/c1-8-11(17)12(18)13(20-8)14(23)21-10-5-6-22(7-9(10)19)15(24)25-16(2,3)4/h9-10,20H,5-7H2,1-4H3,(H,21,23)/t9-,10+/m1/s1. The van der Waals surface area contributed by atoms with Gasteiger partial charge in [0.05, 0.1) is 22.6 Å². The average molecular weight is 394 g/mol. The van der Waals surface area contributed by atoms with E-state index >= 15 is 0 Å². The van der Waals surface area contributed by atoms with Crippen LogP contribution in [0.25, 0.3) is 0 Å².